The van der Waals surface area contributed by atoms with Gasteiger partial charge in [-0.25, -0.2) is 9.98 Å². The number of rotatable bonds is 4. The highest BCUT2D eigenvalue weighted by Gasteiger charge is 2.22. The van der Waals surface area contributed by atoms with E-state index >= 15 is 0 Å². The summed E-state index contributed by atoms with van der Waals surface area (Å²) in [6.07, 6.45) is 0. The van der Waals surface area contributed by atoms with Crippen molar-refractivity contribution in [2.75, 3.05) is 0 Å². The van der Waals surface area contributed by atoms with Crippen molar-refractivity contribution in [2.45, 2.75) is 0 Å². The fraction of sp³-hybridized carbons (Fsp3) is 0. The number of hydrogen-bond donors (Lipinski definition) is 0. The number of aliphatic imine (C=N–C) groups is 2. The quantitative estimate of drug-likeness (QED) is 0.189. The molecule has 0 aliphatic carbocycles. The molecule has 0 amide bonds. The van der Waals surface area contributed by atoms with E-state index in [0.29, 0.717) is 0 Å². The average Bonchev–Trinajstić information content (AvgIpc) is 3.16. The van der Waals surface area contributed by atoms with E-state index in [1.807, 2.05) is 0 Å². The molecule has 1 heterocycles. The summed E-state index contributed by atoms with van der Waals surface area (Å²) in [6, 6.07) is 64.5. The molecule has 0 saturated heterocycles. The third-order valence-electron chi connectivity index (χ3n) is 9.23. The van der Waals surface area contributed by atoms with Gasteiger partial charge in [0.25, 0.3) is 0 Å². The largest absolute Gasteiger partial charge is 0.247 e. The summed E-state index contributed by atoms with van der Waals surface area (Å²) in [6.45, 7) is 0. The zero-order chi connectivity index (χ0) is 31.9. The van der Waals surface area contributed by atoms with Gasteiger partial charge in [-0.3, -0.25) is 0 Å². The van der Waals surface area contributed by atoms with E-state index in [-0.39, 0.29) is 0 Å². The molecule has 1 aliphatic rings. The molecule has 48 heavy (non-hydrogen) atoms. The zero-order valence-electron chi connectivity index (χ0n) is 26.2. The lowest BCUT2D eigenvalue weighted by Crippen LogP contribution is -2.10. The molecule has 8 aromatic rings. The van der Waals surface area contributed by atoms with E-state index in [0.717, 1.165) is 66.6 Å². The third kappa shape index (κ3) is 5.10. The minimum atomic E-state index is 0.903. The molecule has 224 valence electrons. The molecule has 0 bridgehead atoms. The Kier molecular flexibility index (Phi) is 6.84. The van der Waals surface area contributed by atoms with Gasteiger partial charge in [0.1, 0.15) is 0 Å². The second-order valence-electron chi connectivity index (χ2n) is 12.2. The van der Waals surface area contributed by atoms with Crippen LogP contribution in [0, 0.1) is 0 Å². The van der Waals surface area contributed by atoms with Crippen molar-refractivity contribution in [3.63, 3.8) is 0 Å². The normalized spacial score (nSPS) is 14.6. The molecule has 0 spiro atoms. The van der Waals surface area contributed by atoms with Gasteiger partial charge in [0.15, 0.2) is 0 Å². The second-order valence-corrected chi connectivity index (χ2v) is 12.2. The lowest BCUT2D eigenvalue weighted by atomic mass is 9.92. The van der Waals surface area contributed by atoms with Crippen molar-refractivity contribution in [2.24, 2.45) is 9.98 Å². The van der Waals surface area contributed by atoms with Crippen molar-refractivity contribution < 1.29 is 0 Å². The summed E-state index contributed by atoms with van der Waals surface area (Å²) >= 11 is 0. The molecular formula is C46H30N2. The highest BCUT2D eigenvalue weighted by atomic mass is 14.8. The minimum Gasteiger partial charge on any atom is -0.247 e. The zero-order valence-corrected chi connectivity index (χ0v) is 26.2. The maximum absolute atomic E-state index is 5.55. The van der Waals surface area contributed by atoms with Crippen molar-refractivity contribution >= 4 is 44.3 Å². The van der Waals surface area contributed by atoms with E-state index in [9.17, 15) is 0 Å². The van der Waals surface area contributed by atoms with Gasteiger partial charge in [0, 0.05) is 22.3 Å². The van der Waals surface area contributed by atoms with Crippen LogP contribution in [0.15, 0.2) is 192 Å². The predicted molar refractivity (Wildman–Crippen MR) is 202 cm³/mol. The van der Waals surface area contributed by atoms with E-state index in [4.69, 9.17) is 9.98 Å². The molecule has 2 nitrogen and oxygen atoms in total. The lowest BCUT2D eigenvalue weighted by molar-refractivity contribution is 1.41. The van der Waals surface area contributed by atoms with Gasteiger partial charge in [-0.2, -0.15) is 0 Å². The van der Waals surface area contributed by atoms with Crippen LogP contribution >= 0.6 is 0 Å². The Hall–Kier alpha value is -6.38. The Morgan fingerprint density at radius 1 is 0.250 bits per heavy atom. The molecular weight excluding hydrogens is 581 g/mol. The van der Waals surface area contributed by atoms with Crippen molar-refractivity contribution in [1.82, 2.24) is 0 Å². The highest BCUT2D eigenvalue weighted by Crippen LogP contribution is 2.38. The van der Waals surface area contributed by atoms with Crippen LogP contribution in [0.1, 0.15) is 22.3 Å². The molecule has 0 N–H and O–H groups in total. The van der Waals surface area contributed by atoms with Crippen LogP contribution < -0.4 is 0 Å². The summed E-state index contributed by atoms with van der Waals surface area (Å²) in [5, 5.41) is 4.62. The number of benzene rings is 8. The first-order valence-electron chi connectivity index (χ1n) is 16.3. The minimum absolute atomic E-state index is 0.903. The van der Waals surface area contributed by atoms with Crippen LogP contribution in [0.3, 0.4) is 0 Å². The summed E-state index contributed by atoms with van der Waals surface area (Å²) < 4.78 is 0. The highest BCUT2D eigenvalue weighted by molar-refractivity contribution is 6.24. The lowest BCUT2D eigenvalue weighted by Gasteiger charge is -2.20. The predicted octanol–water partition coefficient (Wildman–Crippen LogP) is 12.0. The van der Waals surface area contributed by atoms with Crippen LogP contribution in [-0.4, -0.2) is 11.4 Å². The van der Waals surface area contributed by atoms with Gasteiger partial charge in [0.2, 0.25) is 0 Å². The van der Waals surface area contributed by atoms with Gasteiger partial charge in [0.05, 0.1) is 22.8 Å². The molecule has 0 fully saturated rings. The first-order valence-corrected chi connectivity index (χ1v) is 16.3. The molecule has 9 rings (SSSR count). The Balaban J connectivity index is 1.29. The van der Waals surface area contributed by atoms with Crippen LogP contribution in [-0.2, 0) is 0 Å². The molecule has 0 radical (unpaired) electrons. The maximum Gasteiger partial charge on any atom is 0.0803 e. The summed E-state index contributed by atoms with van der Waals surface area (Å²) in [5.41, 5.74) is 12.5. The average molecular weight is 611 g/mol. The molecule has 1 aliphatic heterocycles. The molecule has 8 aromatic carbocycles. The van der Waals surface area contributed by atoms with E-state index < -0.39 is 0 Å². The SMILES string of the molecule is c1ccc(-c2ccc(/C3=N/c4cc5ccccc5cc4/C(c4ccc(-c5ccccc5)cc4)=N\c4cc5ccccc5cc43)cc2)cc1. The van der Waals surface area contributed by atoms with Crippen molar-refractivity contribution in [3.05, 3.63) is 204 Å². The molecule has 2 heteroatoms. The van der Waals surface area contributed by atoms with Crippen LogP contribution in [0.25, 0.3) is 43.8 Å². The smallest absolute Gasteiger partial charge is 0.0803 e. The number of nitrogens with zero attached hydrogens (tertiary/aromatic N) is 2. The standard InChI is InChI=1S/C46H30N2/c1-3-11-31(12-4-1)33-19-23-35(24-20-33)45-41-27-37-15-7-9-17-39(37)29-43(41)48-46(36-25-21-34(22-26-36)32-13-5-2-6-14-32)42-28-38-16-8-10-18-40(38)30-44(42)47-45/h1-30H/b45-41?,46-42?,47-44?,47-45-,48-43?,48-46-. The topological polar surface area (TPSA) is 24.7 Å². The number of hydrogen-bond acceptors (Lipinski definition) is 2. The monoisotopic (exact) mass is 610 g/mol. The summed E-state index contributed by atoms with van der Waals surface area (Å²) in [7, 11) is 0. The van der Waals surface area contributed by atoms with Crippen molar-refractivity contribution in [1.29, 1.82) is 0 Å². The molecule has 0 atom stereocenters. The fourth-order valence-corrected chi connectivity index (χ4v) is 6.72. The van der Waals surface area contributed by atoms with E-state index in [1.165, 1.54) is 22.3 Å². The Morgan fingerprint density at radius 2 is 0.542 bits per heavy atom. The van der Waals surface area contributed by atoms with Gasteiger partial charge in [-0.05, 0) is 68.1 Å². The molecule has 0 aromatic heterocycles. The first kappa shape index (κ1) is 27.9. The Labute approximate surface area is 280 Å². The van der Waals surface area contributed by atoms with Gasteiger partial charge in [-0.15, -0.1) is 0 Å². The fourth-order valence-electron chi connectivity index (χ4n) is 6.72. The van der Waals surface area contributed by atoms with E-state index in [1.54, 1.807) is 0 Å². The maximum atomic E-state index is 5.55. The third-order valence-corrected chi connectivity index (χ3v) is 9.23. The first-order chi connectivity index (χ1) is 23.8. The van der Waals surface area contributed by atoms with Crippen LogP contribution in [0.5, 0.6) is 0 Å². The Bertz CT molecular complexity index is 2330. The van der Waals surface area contributed by atoms with Crippen molar-refractivity contribution in [3.8, 4) is 22.3 Å². The van der Waals surface area contributed by atoms with Crippen LogP contribution in [0.4, 0.5) is 11.4 Å². The Morgan fingerprint density at radius 3 is 0.917 bits per heavy atom. The van der Waals surface area contributed by atoms with Gasteiger partial charge in [-0.1, -0.05) is 158 Å². The molecule has 0 unspecified atom stereocenters. The number of fused-ring (bicyclic) bond motifs is 4. The summed E-state index contributed by atoms with van der Waals surface area (Å²) in [4.78, 5) is 11.1. The second kappa shape index (κ2) is 11.8. The van der Waals surface area contributed by atoms with E-state index in [2.05, 4.69) is 182 Å². The van der Waals surface area contributed by atoms with Gasteiger partial charge >= 0.3 is 0 Å². The van der Waals surface area contributed by atoms with Gasteiger partial charge < -0.3 is 0 Å². The molecule has 0 saturated carbocycles. The van der Waals surface area contributed by atoms with Crippen LogP contribution in [0.2, 0.25) is 0 Å². The summed E-state index contributed by atoms with van der Waals surface area (Å²) in [5.74, 6) is 0.